The van der Waals surface area contributed by atoms with Gasteiger partial charge in [-0.25, -0.2) is 4.79 Å². The highest BCUT2D eigenvalue weighted by atomic mass is 16.5. The second kappa shape index (κ2) is 6.88. The largest absolute Gasteiger partial charge is 0.364 e. The number of nitrogens with zero attached hydrogens (tertiary/aromatic N) is 2. The van der Waals surface area contributed by atoms with Crippen LogP contribution in [0.4, 0.5) is 10.5 Å². The third kappa shape index (κ3) is 3.08. The SMILES string of the molecule is CN1CCc2ccc(NC(=O)N3CCCC4(C3)OCc3ccccc34)cc2C1=O. The van der Waals surface area contributed by atoms with Crippen molar-refractivity contribution in [3.8, 4) is 0 Å². The molecule has 1 unspecified atom stereocenters. The highest BCUT2D eigenvalue weighted by Crippen LogP contribution is 2.42. The molecule has 3 aliphatic heterocycles. The molecular weight excluding hydrogens is 366 g/mol. The van der Waals surface area contributed by atoms with E-state index in [1.807, 2.05) is 36.2 Å². The number of rotatable bonds is 1. The lowest BCUT2D eigenvalue weighted by atomic mass is 9.85. The number of ether oxygens (including phenoxy) is 1. The number of carbonyl (C=O) groups is 2. The van der Waals surface area contributed by atoms with Crippen LogP contribution in [0.5, 0.6) is 0 Å². The number of fused-ring (bicyclic) bond motifs is 3. The van der Waals surface area contributed by atoms with Gasteiger partial charge in [0, 0.05) is 31.4 Å². The van der Waals surface area contributed by atoms with Crippen molar-refractivity contribution < 1.29 is 14.3 Å². The number of benzene rings is 2. The molecule has 1 atom stereocenters. The van der Waals surface area contributed by atoms with Crippen LogP contribution in [0.3, 0.4) is 0 Å². The molecule has 1 N–H and O–H groups in total. The van der Waals surface area contributed by atoms with Crippen molar-refractivity contribution in [3.05, 3.63) is 64.7 Å². The van der Waals surface area contributed by atoms with E-state index < -0.39 is 5.60 Å². The maximum Gasteiger partial charge on any atom is 0.321 e. The van der Waals surface area contributed by atoms with Crippen LogP contribution in [0, 0.1) is 0 Å². The van der Waals surface area contributed by atoms with E-state index >= 15 is 0 Å². The van der Waals surface area contributed by atoms with E-state index in [-0.39, 0.29) is 11.9 Å². The van der Waals surface area contributed by atoms with Gasteiger partial charge in [-0.3, -0.25) is 4.79 Å². The van der Waals surface area contributed by atoms with E-state index in [0.29, 0.717) is 30.9 Å². The molecule has 2 aromatic carbocycles. The molecule has 3 heterocycles. The van der Waals surface area contributed by atoms with Crippen LogP contribution in [0.15, 0.2) is 42.5 Å². The normalized spacial score (nSPS) is 23.1. The van der Waals surface area contributed by atoms with E-state index in [2.05, 4.69) is 17.4 Å². The van der Waals surface area contributed by atoms with Crippen LogP contribution in [0.2, 0.25) is 0 Å². The van der Waals surface area contributed by atoms with E-state index in [9.17, 15) is 9.59 Å². The van der Waals surface area contributed by atoms with Crippen LogP contribution in [0.25, 0.3) is 0 Å². The molecule has 3 aliphatic rings. The van der Waals surface area contributed by atoms with Crippen molar-refractivity contribution in [1.82, 2.24) is 9.80 Å². The highest BCUT2D eigenvalue weighted by Gasteiger charge is 2.44. The highest BCUT2D eigenvalue weighted by molar-refractivity contribution is 5.99. The maximum atomic E-state index is 13.0. The van der Waals surface area contributed by atoms with Crippen molar-refractivity contribution in [3.63, 3.8) is 0 Å². The van der Waals surface area contributed by atoms with Crippen molar-refractivity contribution in [1.29, 1.82) is 0 Å². The van der Waals surface area contributed by atoms with Crippen LogP contribution in [-0.2, 0) is 23.4 Å². The second-order valence-corrected chi connectivity index (χ2v) is 8.24. The molecule has 0 aliphatic carbocycles. The lowest BCUT2D eigenvalue weighted by molar-refractivity contribution is -0.0755. The molecule has 3 amide bonds. The quantitative estimate of drug-likeness (QED) is 0.811. The molecule has 1 fully saturated rings. The molecule has 0 radical (unpaired) electrons. The van der Waals surface area contributed by atoms with Gasteiger partial charge in [0.1, 0.15) is 5.60 Å². The fourth-order valence-electron chi connectivity index (χ4n) is 4.79. The molecule has 150 valence electrons. The average molecular weight is 391 g/mol. The first-order valence-corrected chi connectivity index (χ1v) is 10.2. The van der Waals surface area contributed by atoms with E-state index in [1.165, 1.54) is 11.1 Å². The molecule has 6 nitrogen and oxygen atoms in total. The monoisotopic (exact) mass is 391 g/mol. The van der Waals surface area contributed by atoms with Crippen molar-refractivity contribution >= 4 is 17.6 Å². The molecule has 1 saturated heterocycles. The Labute approximate surface area is 170 Å². The summed E-state index contributed by atoms with van der Waals surface area (Å²) in [6, 6.07) is 13.8. The molecule has 0 bridgehead atoms. The molecule has 0 saturated carbocycles. The van der Waals surface area contributed by atoms with Gasteiger partial charge >= 0.3 is 6.03 Å². The number of likely N-dealkylation sites (N-methyl/N-ethyl adjacent to an activating group) is 1. The number of hydrogen-bond acceptors (Lipinski definition) is 3. The zero-order valence-electron chi connectivity index (χ0n) is 16.6. The summed E-state index contributed by atoms with van der Waals surface area (Å²) in [5, 5.41) is 2.99. The molecule has 0 aromatic heterocycles. The third-order valence-corrected chi connectivity index (χ3v) is 6.41. The van der Waals surface area contributed by atoms with Gasteiger partial charge < -0.3 is 19.9 Å². The minimum atomic E-state index is -0.402. The number of piperidine rings is 1. The van der Waals surface area contributed by atoms with Gasteiger partial charge in [-0.1, -0.05) is 30.3 Å². The Morgan fingerprint density at radius 1 is 1.14 bits per heavy atom. The summed E-state index contributed by atoms with van der Waals surface area (Å²) in [4.78, 5) is 29.0. The van der Waals surface area contributed by atoms with Crippen LogP contribution in [-0.4, -0.2) is 48.4 Å². The maximum absolute atomic E-state index is 13.0. The fraction of sp³-hybridized carbons (Fsp3) is 0.391. The Bertz CT molecular complexity index is 985. The Morgan fingerprint density at radius 2 is 2.00 bits per heavy atom. The van der Waals surface area contributed by atoms with Crippen molar-refractivity contribution in [2.75, 3.05) is 32.0 Å². The van der Waals surface area contributed by atoms with Gasteiger partial charge in [0.25, 0.3) is 5.91 Å². The topological polar surface area (TPSA) is 61.9 Å². The molecular formula is C23H25N3O3. The number of carbonyl (C=O) groups excluding carboxylic acids is 2. The standard InChI is InChI=1S/C23H25N3O3/c1-25-12-9-16-7-8-18(13-19(16)21(25)27)24-22(28)26-11-4-10-23(15-26)20-6-3-2-5-17(20)14-29-23/h2-3,5-8,13H,4,9-12,14-15H2,1H3,(H,24,28). The Balaban J connectivity index is 1.34. The number of amides is 3. The number of hydrogen-bond donors (Lipinski definition) is 1. The molecule has 6 heteroatoms. The van der Waals surface area contributed by atoms with E-state index in [1.54, 1.807) is 11.0 Å². The summed E-state index contributed by atoms with van der Waals surface area (Å²) in [7, 11) is 1.81. The van der Waals surface area contributed by atoms with Crippen LogP contribution >= 0.6 is 0 Å². The smallest absolute Gasteiger partial charge is 0.321 e. The average Bonchev–Trinajstić information content (AvgIpc) is 3.09. The molecule has 29 heavy (non-hydrogen) atoms. The first kappa shape index (κ1) is 18.2. The van der Waals surface area contributed by atoms with E-state index in [4.69, 9.17) is 4.74 Å². The number of nitrogens with one attached hydrogen (secondary N) is 1. The summed E-state index contributed by atoms with van der Waals surface area (Å²) in [6.45, 7) is 2.58. The lowest BCUT2D eigenvalue weighted by Crippen LogP contribution is -2.49. The third-order valence-electron chi connectivity index (χ3n) is 6.41. The summed E-state index contributed by atoms with van der Waals surface area (Å²) in [6.07, 6.45) is 2.67. The Hall–Kier alpha value is -2.86. The second-order valence-electron chi connectivity index (χ2n) is 8.24. The summed E-state index contributed by atoms with van der Waals surface area (Å²) in [5.41, 5.74) is 4.40. The summed E-state index contributed by atoms with van der Waals surface area (Å²) < 4.78 is 6.21. The van der Waals surface area contributed by atoms with Crippen LogP contribution in [0.1, 0.15) is 39.9 Å². The number of anilines is 1. The van der Waals surface area contributed by atoms with Crippen LogP contribution < -0.4 is 5.32 Å². The van der Waals surface area contributed by atoms with Gasteiger partial charge in [0.05, 0.1) is 13.2 Å². The number of urea groups is 1. The van der Waals surface area contributed by atoms with Gasteiger partial charge in [-0.15, -0.1) is 0 Å². The first-order valence-electron chi connectivity index (χ1n) is 10.2. The van der Waals surface area contributed by atoms with Gasteiger partial charge in [0.15, 0.2) is 0 Å². The first-order chi connectivity index (χ1) is 14.1. The minimum absolute atomic E-state index is 0.00948. The Kier molecular flexibility index (Phi) is 4.32. The Morgan fingerprint density at radius 3 is 2.90 bits per heavy atom. The lowest BCUT2D eigenvalue weighted by Gasteiger charge is -2.40. The molecule has 5 rings (SSSR count). The zero-order chi connectivity index (χ0) is 20.0. The van der Waals surface area contributed by atoms with Gasteiger partial charge in [-0.05, 0) is 48.1 Å². The predicted octanol–water partition coefficient (Wildman–Crippen LogP) is 3.37. The predicted molar refractivity (Wildman–Crippen MR) is 110 cm³/mol. The van der Waals surface area contributed by atoms with E-state index in [0.717, 1.165) is 31.4 Å². The number of likely N-dealkylation sites (tertiary alicyclic amines) is 1. The van der Waals surface area contributed by atoms with Crippen molar-refractivity contribution in [2.24, 2.45) is 0 Å². The fourth-order valence-corrected chi connectivity index (χ4v) is 4.79. The van der Waals surface area contributed by atoms with Gasteiger partial charge in [0.2, 0.25) is 0 Å². The summed E-state index contributed by atoms with van der Waals surface area (Å²) >= 11 is 0. The summed E-state index contributed by atoms with van der Waals surface area (Å²) in [5.74, 6) is 0.00948. The zero-order valence-corrected chi connectivity index (χ0v) is 16.6. The molecule has 1 spiro atoms. The van der Waals surface area contributed by atoms with Gasteiger partial charge in [-0.2, -0.15) is 0 Å². The minimum Gasteiger partial charge on any atom is -0.364 e. The molecule has 2 aromatic rings. The van der Waals surface area contributed by atoms with Crippen molar-refractivity contribution in [2.45, 2.75) is 31.5 Å².